The lowest BCUT2D eigenvalue weighted by Crippen LogP contribution is -2.48. The Labute approximate surface area is 163 Å². The van der Waals surface area contributed by atoms with Gasteiger partial charge in [0.1, 0.15) is 5.82 Å². The molecule has 3 aromatic carbocycles. The summed E-state index contributed by atoms with van der Waals surface area (Å²) in [5, 5.41) is 14.0. The number of rotatable bonds is 4. The Balaban J connectivity index is 1.71. The number of hydrogen-bond donors (Lipinski definition) is 2. The maximum absolute atomic E-state index is 15.1. The van der Waals surface area contributed by atoms with Crippen LogP contribution in [-0.2, 0) is 11.2 Å². The lowest BCUT2D eigenvalue weighted by atomic mass is 9.94. The van der Waals surface area contributed by atoms with Crippen molar-refractivity contribution >= 4 is 16.7 Å². The molecule has 28 heavy (non-hydrogen) atoms. The van der Waals surface area contributed by atoms with Crippen molar-refractivity contribution in [2.75, 3.05) is 13.2 Å². The zero-order chi connectivity index (χ0) is 19.5. The van der Waals surface area contributed by atoms with E-state index in [1.54, 1.807) is 18.2 Å². The van der Waals surface area contributed by atoms with Gasteiger partial charge in [0.25, 0.3) is 5.91 Å². The smallest absolute Gasteiger partial charge is 0.254 e. The third-order valence-electron chi connectivity index (χ3n) is 5.19. The van der Waals surface area contributed by atoms with Crippen molar-refractivity contribution < 1.29 is 19.0 Å². The molecule has 0 spiro atoms. The minimum absolute atomic E-state index is 0.00308. The topological polar surface area (TPSA) is 58.6 Å². The Morgan fingerprint density at radius 3 is 2.57 bits per heavy atom. The van der Waals surface area contributed by atoms with Crippen LogP contribution in [0.4, 0.5) is 4.39 Å². The first kappa shape index (κ1) is 18.6. The van der Waals surface area contributed by atoms with Gasteiger partial charge in [-0.3, -0.25) is 4.79 Å². The summed E-state index contributed by atoms with van der Waals surface area (Å²) < 4.78 is 20.3. The summed E-state index contributed by atoms with van der Waals surface area (Å²) in [6.07, 6.45) is 0.311. The second-order valence-corrected chi connectivity index (χ2v) is 7.12. The molecule has 0 aliphatic carbocycles. The van der Waals surface area contributed by atoms with Crippen molar-refractivity contribution in [1.29, 1.82) is 0 Å². The lowest BCUT2D eigenvalue weighted by molar-refractivity contribution is -0.0261. The standard InChI is InChI=1S/C23H22FNO3/c24-22-18-9-5-4-8-17(18)16(12-15-6-2-1-3-7-15)13-19(22)23(27)25-20-10-11-28-14-21(20)26/h1-9,13,20-21,26H,10-12,14H2,(H,25,27). The predicted octanol–water partition coefficient (Wildman–Crippen LogP) is 3.45. The van der Waals surface area contributed by atoms with E-state index < -0.39 is 23.9 Å². The molecule has 3 aromatic rings. The van der Waals surface area contributed by atoms with Gasteiger partial charge in [-0.2, -0.15) is 0 Å². The highest BCUT2D eigenvalue weighted by Crippen LogP contribution is 2.27. The molecule has 0 saturated carbocycles. The highest BCUT2D eigenvalue weighted by atomic mass is 19.1. The molecule has 1 amide bonds. The third-order valence-corrected chi connectivity index (χ3v) is 5.19. The minimum atomic E-state index is -0.787. The van der Waals surface area contributed by atoms with Crippen LogP contribution in [0.2, 0.25) is 0 Å². The van der Waals surface area contributed by atoms with E-state index in [2.05, 4.69) is 5.32 Å². The Morgan fingerprint density at radius 1 is 1.11 bits per heavy atom. The van der Waals surface area contributed by atoms with Crippen LogP contribution >= 0.6 is 0 Å². The number of fused-ring (bicyclic) bond motifs is 1. The second kappa shape index (κ2) is 8.09. The van der Waals surface area contributed by atoms with Crippen molar-refractivity contribution in [1.82, 2.24) is 5.32 Å². The quantitative estimate of drug-likeness (QED) is 0.730. The van der Waals surface area contributed by atoms with E-state index in [1.807, 2.05) is 42.5 Å². The fourth-order valence-corrected chi connectivity index (χ4v) is 3.68. The number of carbonyl (C=O) groups is 1. The van der Waals surface area contributed by atoms with Crippen LogP contribution in [0, 0.1) is 5.82 Å². The highest BCUT2D eigenvalue weighted by Gasteiger charge is 2.27. The zero-order valence-electron chi connectivity index (χ0n) is 15.4. The summed E-state index contributed by atoms with van der Waals surface area (Å²) in [5.41, 5.74) is 1.98. The molecule has 4 nitrogen and oxygen atoms in total. The van der Waals surface area contributed by atoms with Crippen LogP contribution in [0.15, 0.2) is 60.7 Å². The fraction of sp³-hybridized carbons (Fsp3) is 0.261. The Hall–Kier alpha value is -2.76. The van der Waals surface area contributed by atoms with E-state index in [0.29, 0.717) is 24.8 Å². The molecular formula is C23H22FNO3. The third kappa shape index (κ3) is 3.77. The van der Waals surface area contributed by atoms with Crippen LogP contribution in [0.5, 0.6) is 0 Å². The molecule has 1 aliphatic heterocycles. The maximum atomic E-state index is 15.1. The molecule has 1 heterocycles. The molecule has 5 heteroatoms. The van der Waals surface area contributed by atoms with Crippen molar-refractivity contribution in [3.8, 4) is 0 Å². The number of aliphatic hydroxyl groups is 1. The van der Waals surface area contributed by atoms with E-state index in [-0.39, 0.29) is 12.2 Å². The number of nitrogens with one attached hydrogen (secondary N) is 1. The zero-order valence-corrected chi connectivity index (χ0v) is 15.4. The van der Waals surface area contributed by atoms with Gasteiger partial charge >= 0.3 is 0 Å². The van der Waals surface area contributed by atoms with Crippen molar-refractivity contribution in [2.45, 2.75) is 25.0 Å². The molecule has 2 unspecified atom stereocenters. The summed E-state index contributed by atoms with van der Waals surface area (Å²) in [6, 6.07) is 18.3. The summed E-state index contributed by atoms with van der Waals surface area (Å²) in [4.78, 5) is 12.8. The molecule has 1 aliphatic rings. The Morgan fingerprint density at radius 2 is 1.82 bits per heavy atom. The van der Waals surface area contributed by atoms with Crippen molar-refractivity contribution in [3.63, 3.8) is 0 Å². The average molecular weight is 379 g/mol. The molecule has 4 rings (SSSR count). The van der Waals surface area contributed by atoms with Crippen LogP contribution in [0.1, 0.15) is 27.9 Å². The van der Waals surface area contributed by atoms with Gasteiger partial charge in [0.2, 0.25) is 0 Å². The van der Waals surface area contributed by atoms with E-state index in [0.717, 1.165) is 16.5 Å². The Kier molecular flexibility index (Phi) is 5.37. The van der Waals surface area contributed by atoms with Gasteiger partial charge in [0.15, 0.2) is 0 Å². The van der Waals surface area contributed by atoms with Gasteiger partial charge < -0.3 is 15.2 Å². The number of carbonyl (C=O) groups excluding carboxylic acids is 1. The van der Waals surface area contributed by atoms with Crippen LogP contribution in [0.25, 0.3) is 10.8 Å². The van der Waals surface area contributed by atoms with Gasteiger partial charge in [-0.25, -0.2) is 4.39 Å². The number of halogens is 1. The predicted molar refractivity (Wildman–Crippen MR) is 106 cm³/mol. The SMILES string of the molecule is O=C(NC1CCOCC1O)c1cc(Cc2ccccc2)c2ccccc2c1F. The molecule has 0 radical (unpaired) electrons. The van der Waals surface area contributed by atoms with Crippen LogP contribution < -0.4 is 5.32 Å². The first-order valence-electron chi connectivity index (χ1n) is 9.44. The molecule has 144 valence electrons. The van der Waals surface area contributed by atoms with Gasteiger partial charge in [-0.05, 0) is 35.4 Å². The largest absolute Gasteiger partial charge is 0.389 e. The van der Waals surface area contributed by atoms with Gasteiger partial charge in [-0.15, -0.1) is 0 Å². The van der Waals surface area contributed by atoms with E-state index >= 15 is 4.39 Å². The summed E-state index contributed by atoms with van der Waals surface area (Å²) in [7, 11) is 0. The maximum Gasteiger partial charge on any atom is 0.254 e. The number of ether oxygens (including phenoxy) is 1. The van der Waals surface area contributed by atoms with Gasteiger partial charge in [0.05, 0.1) is 24.3 Å². The van der Waals surface area contributed by atoms with Crippen LogP contribution in [-0.4, -0.2) is 36.4 Å². The highest BCUT2D eigenvalue weighted by molar-refractivity contribution is 6.00. The van der Waals surface area contributed by atoms with Crippen molar-refractivity contribution in [3.05, 3.63) is 83.2 Å². The molecule has 1 fully saturated rings. The molecule has 0 bridgehead atoms. The van der Waals surface area contributed by atoms with E-state index in [1.165, 1.54) is 0 Å². The minimum Gasteiger partial charge on any atom is -0.389 e. The second-order valence-electron chi connectivity index (χ2n) is 7.12. The Bertz CT molecular complexity index is 990. The molecule has 0 aromatic heterocycles. The number of benzene rings is 3. The van der Waals surface area contributed by atoms with E-state index in [9.17, 15) is 9.90 Å². The lowest BCUT2D eigenvalue weighted by Gasteiger charge is -2.28. The fourth-order valence-electron chi connectivity index (χ4n) is 3.68. The summed E-state index contributed by atoms with van der Waals surface area (Å²) >= 11 is 0. The summed E-state index contributed by atoms with van der Waals surface area (Å²) in [6.45, 7) is 0.631. The molecule has 1 saturated heterocycles. The first-order valence-corrected chi connectivity index (χ1v) is 9.44. The number of amides is 1. The van der Waals surface area contributed by atoms with Gasteiger partial charge in [0, 0.05) is 12.0 Å². The van der Waals surface area contributed by atoms with E-state index in [4.69, 9.17) is 4.74 Å². The first-order chi connectivity index (χ1) is 13.6. The normalized spacial score (nSPS) is 19.5. The molecule has 2 atom stereocenters. The average Bonchev–Trinajstić information content (AvgIpc) is 2.72. The number of hydrogen-bond acceptors (Lipinski definition) is 3. The van der Waals surface area contributed by atoms with Gasteiger partial charge in [-0.1, -0.05) is 54.6 Å². The van der Waals surface area contributed by atoms with Crippen molar-refractivity contribution in [2.24, 2.45) is 0 Å². The molecule has 2 N–H and O–H groups in total. The van der Waals surface area contributed by atoms with Crippen LogP contribution in [0.3, 0.4) is 0 Å². The monoisotopic (exact) mass is 379 g/mol. The summed E-state index contributed by atoms with van der Waals surface area (Å²) in [5.74, 6) is -1.05. The number of aliphatic hydroxyl groups excluding tert-OH is 1. The molecular weight excluding hydrogens is 357 g/mol.